The summed E-state index contributed by atoms with van der Waals surface area (Å²) in [6.45, 7) is 8.98. The van der Waals surface area contributed by atoms with E-state index in [1.165, 1.54) is 4.88 Å². The molecule has 0 aliphatic carbocycles. The Hall–Kier alpha value is -0.450. The number of aliphatic hydroxyl groups excluding tert-OH is 1. The Morgan fingerprint density at radius 1 is 1.44 bits per heavy atom. The molecule has 1 aromatic rings. The highest BCUT2D eigenvalue weighted by Gasteiger charge is 2.18. The topological polar surface area (TPSA) is 36.4 Å². The molecule has 0 fully saturated rings. The number of rotatable bonds is 5. The number of hydrogen-bond donors (Lipinski definition) is 1. The van der Waals surface area contributed by atoms with Crippen molar-refractivity contribution in [1.29, 1.82) is 0 Å². The van der Waals surface area contributed by atoms with E-state index in [2.05, 4.69) is 30.8 Å². The second-order valence-electron chi connectivity index (χ2n) is 4.36. The normalized spacial score (nSPS) is 15.4. The molecule has 0 saturated heterocycles. The van der Waals surface area contributed by atoms with Crippen LogP contribution in [-0.4, -0.2) is 34.7 Å². The van der Waals surface area contributed by atoms with Gasteiger partial charge in [-0.3, -0.25) is 4.90 Å². The lowest BCUT2D eigenvalue weighted by atomic mass is 10.2. The van der Waals surface area contributed by atoms with Gasteiger partial charge in [-0.2, -0.15) is 0 Å². The smallest absolute Gasteiger partial charge is 0.0900 e. The molecule has 0 spiro atoms. The second-order valence-corrected chi connectivity index (χ2v) is 5.59. The monoisotopic (exact) mass is 242 g/mol. The molecule has 2 unspecified atom stereocenters. The molecule has 1 heterocycles. The number of likely N-dealkylation sites (N-methyl/N-ethyl adjacent to an activating group) is 1. The minimum absolute atomic E-state index is 0.234. The molecular formula is C12H22N2OS. The first-order valence-electron chi connectivity index (χ1n) is 5.77. The predicted molar refractivity (Wildman–Crippen MR) is 68.9 cm³/mol. The standard InChI is InChI=1S/C12H22N2OS/c1-6-11(15)7-14(5)9(3)12-8(2)13-10(4)16-12/h9,11,15H,6-7H2,1-5H3. The van der Waals surface area contributed by atoms with Gasteiger partial charge in [-0.15, -0.1) is 11.3 Å². The highest BCUT2D eigenvalue weighted by atomic mass is 32.1. The molecule has 1 rings (SSSR count). The Bertz CT molecular complexity index is 338. The van der Waals surface area contributed by atoms with Gasteiger partial charge in [0, 0.05) is 17.5 Å². The van der Waals surface area contributed by atoms with Crippen molar-refractivity contribution >= 4 is 11.3 Å². The Labute approximate surface area is 102 Å². The van der Waals surface area contributed by atoms with E-state index in [1.807, 2.05) is 13.8 Å². The van der Waals surface area contributed by atoms with Crippen LogP contribution in [0.4, 0.5) is 0 Å². The van der Waals surface area contributed by atoms with E-state index < -0.39 is 0 Å². The number of thiazole rings is 1. The molecule has 3 nitrogen and oxygen atoms in total. The zero-order valence-corrected chi connectivity index (χ0v) is 11.6. The molecule has 92 valence electrons. The fourth-order valence-electron chi connectivity index (χ4n) is 1.75. The van der Waals surface area contributed by atoms with E-state index in [0.717, 1.165) is 17.1 Å². The number of aliphatic hydroxyl groups is 1. The molecular weight excluding hydrogens is 220 g/mol. The van der Waals surface area contributed by atoms with Crippen molar-refractivity contribution in [2.24, 2.45) is 0 Å². The minimum atomic E-state index is -0.234. The van der Waals surface area contributed by atoms with Gasteiger partial charge in [-0.05, 0) is 34.2 Å². The lowest BCUT2D eigenvalue weighted by Gasteiger charge is -2.26. The molecule has 0 amide bonds. The summed E-state index contributed by atoms with van der Waals surface area (Å²) in [5.41, 5.74) is 1.12. The average Bonchev–Trinajstić information content (AvgIpc) is 2.56. The van der Waals surface area contributed by atoms with E-state index in [9.17, 15) is 5.11 Å². The Balaban J connectivity index is 2.70. The zero-order chi connectivity index (χ0) is 12.3. The maximum atomic E-state index is 9.64. The fraction of sp³-hybridized carbons (Fsp3) is 0.750. The van der Waals surface area contributed by atoms with Crippen molar-refractivity contribution in [1.82, 2.24) is 9.88 Å². The SMILES string of the molecule is CCC(O)CN(C)C(C)c1sc(C)nc1C. The van der Waals surface area contributed by atoms with Gasteiger partial charge in [0.1, 0.15) is 0 Å². The van der Waals surface area contributed by atoms with E-state index >= 15 is 0 Å². The molecule has 0 radical (unpaired) electrons. The molecule has 0 aromatic carbocycles. The third-order valence-corrected chi connectivity index (χ3v) is 4.19. The minimum Gasteiger partial charge on any atom is -0.392 e. The summed E-state index contributed by atoms with van der Waals surface area (Å²) in [4.78, 5) is 7.94. The van der Waals surface area contributed by atoms with Crippen molar-refractivity contribution < 1.29 is 5.11 Å². The second kappa shape index (κ2) is 5.75. The highest BCUT2D eigenvalue weighted by Crippen LogP contribution is 2.28. The fourth-order valence-corrected chi connectivity index (χ4v) is 2.80. The zero-order valence-electron chi connectivity index (χ0n) is 10.8. The summed E-state index contributed by atoms with van der Waals surface area (Å²) in [5, 5.41) is 10.8. The molecule has 0 aliphatic heterocycles. The summed E-state index contributed by atoms with van der Waals surface area (Å²) in [7, 11) is 2.05. The first kappa shape index (κ1) is 13.6. The third-order valence-electron chi connectivity index (χ3n) is 2.95. The quantitative estimate of drug-likeness (QED) is 0.862. The van der Waals surface area contributed by atoms with Gasteiger partial charge in [0.15, 0.2) is 0 Å². The van der Waals surface area contributed by atoms with Crippen LogP contribution in [0.15, 0.2) is 0 Å². The first-order chi connectivity index (χ1) is 7.45. The van der Waals surface area contributed by atoms with Gasteiger partial charge in [0.05, 0.1) is 16.8 Å². The van der Waals surface area contributed by atoms with Gasteiger partial charge in [0.2, 0.25) is 0 Å². The molecule has 4 heteroatoms. The summed E-state index contributed by atoms with van der Waals surface area (Å²) in [6.07, 6.45) is 0.569. The average molecular weight is 242 g/mol. The van der Waals surface area contributed by atoms with Crippen molar-refractivity contribution in [2.75, 3.05) is 13.6 Å². The molecule has 0 aliphatic rings. The summed E-state index contributed by atoms with van der Waals surface area (Å²) in [6, 6.07) is 0.326. The molecule has 1 aromatic heterocycles. The maximum absolute atomic E-state index is 9.64. The largest absolute Gasteiger partial charge is 0.392 e. The predicted octanol–water partition coefficient (Wildman–Crippen LogP) is 2.52. The van der Waals surface area contributed by atoms with Crippen LogP contribution < -0.4 is 0 Å². The Morgan fingerprint density at radius 3 is 2.50 bits per heavy atom. The number of hydrogen-bond acceptors (Lipinski definition) is 4. The van der Waals surface area contributed by atoms with Gasteiger partial charge in [-0.1, -0.05) is 6.92 Å². The number of nitrogens with zero attached hydrogens (tertiary/aromatic N) is 2. The van der Waals surface area contributed by atoms with Crippen LogP contribution in [0.25, 0.3) is 0 Å². The third kappa shape index (κ3) is 3.27. The molecule has 16 heavy (non-hydrogen) atoms. The summed E-state index contributed by atoms with van der Waals surface area (Å²) >= 11 is 1.75. The van der Waals surface area contributed by atoms with Crippen LogP contribution in [0.3, 0.4) is 0 Å². The first-order valence-corrected chi connectivity index (χ1v) is 6.59. The van der Waals surface area contributed by atoms with E-state index in [-0.39, 0.29) is 6.10 Å². The van der Waals surface area contributed by atoms with Gasteiger partial charge >= 0.3 is 0 Å². The summed E-state index contributed by atoms with van der Waals surface area (Å²) in [5.74, 6) is 0. The van der Waals surface area contributed by atoms with Gasteiger partial charge in [0.25, 0.3) is 0 Å². The maximum Gasteiger partial charge on any atom is 0.0900 e. The van der Waals surface area contributed by atoms with E-state index in [1.54, 1.807) is 11.3 Å². The van der Waals surface area contributed by atoms with Crippen LogP contribution in [0.5, 0.6) is 0 Å². The van der Waals surface area contributed by atoms with Crippen molar-refractivity contribution in [3.8, 4) is 0 Å². The van der Waals surface area contributed by atoms with E-state index in [0.29, 0.717) is 12.6 Å². The highest BCUT2D eigenvalue weighted by molar-refractivity contribution is 7.11. The van der Waals surface area contributed by atoms with Crippen LogP contribution in [0, 0.1) is 13.8 Å². The van der Waals surface area contributed by atoms with Crippen LogP contribution in [0.1, 0.15) is 41.9 Å². The van der Waals surface area contributed by atoms with Crippen molar-refractivity contribution in [3.05, 3.63) is 15.6 Å². The lowest BCUT2D eigenvalue weighted by molar-refractivity contribution is 0.105. The molecule has 2 atom stereocenters. The van der Waals surface area contributed by atoms with Crippen molar-refractivity contribution in [2.45, 2.75) is 46.3 Å². The number of aromatic nitrogens is 1. The summed E-state index contributed by atoms with van der Waals surface area (Å²) < 4.78 is 0. The molecule has 0 saturated carbocycles. The van der Waals surface area contributed by atoms with Crippen LogP contribution in [-0.2, 0) is 0 Å². The van der Waals surface area contributed by atoms with Gasteiger partial charge < -0.3 is 5.11 Å². The lowest BCUT2D eigenvalue weighted by Crippen LogP contribution is -2.30. The van der Waals surface area contributed by atoms with Gasteiger partial charge in [-0.25, -0.2) is 4.98 Å². The van der Waals surface area contributed by atoms with Crippen molar-refractivity contribution in [3.63, 3.8) is 0 Å². The Kier molecular flexibility index (Phi) is 4.89. The Morgan fingerprint density at radius 2 is 2.06 bits per heavy atom. The number of aryl methyl sites for hydroxylation is 2. The molecule has 1 N–H and O–H groups in total. The molecule has 0 bridgehead atoms. The van der Waals surface area contributed by atoms with Crippen LogP contribution >= 0.6 is 11.3 Å². The van der Waals surface area contributed by atoms with E-state index in [4.69, 9.17) is 0 Å². The van der Waals surface area contributed by atoms with Crippen LogP contribution in [0.2, 0.25) is 0 Å².